The van der Waals surface area contributed by atoms with Crippen LogP contribution in [0.5, 0.6) is 11.5 Å². The minimum absolute atomic E-state index is 0.207. The Hall–Kier alpha value is -4.50. The molecule has 2 heterocycles. The first-order chi connectivity index (χ1) is 19.4. The van der Waals surface area contributed by atoms with Gasteiger partial charge in [0, 0.05) is 0 Å². The summed E-state index contributed by atoms with van der Waals surface area (Å²) in [6, 6.07) is 20.1. The van der Waals surface area contributed by atoms with Gasteiger partial charge in [0.25, 0.3) is 5.56 Å². The summed E-state index contributed by atoms with van der Waals surface area (Å²) < 4.78 is 31.6. The van der Waals surface area contributed by atoms with E-state index in [1.54, 1.807) is 55.9 Å². The lowest BCUT2D eigenvalue weighted by Crippen LogP contribution is -2.39. The van der Waals surface area contributed by atoms with Crippen molar-refractivity contribution in [3.8, 4) is 11.5 Å². The van der Waals surface area contributed by atoms with Crippen molar-refractivity contribution in [1.82, 2.24) is 4.57 Å². The quantitative estimate of drug-likeness (QED) is 0.297. The number of hydrogen-bond donors (Lipinski definition) is 0. The van der Waals surface area contributed by atoms with E-state index in [4.69, 9.17) is 14.2 Å². The molecule has 204 valence electrons. The minimum Gasteiger partial charge on any atom is -0.497 e. The summed E-state index contributed by atoms with van der Waals surface area (Å²) in [7, 11) is 1.58. The Kier molecular flexibility index (Phi) is 7.93. The summed E-state index contributed by atoms with van der Waals surface area (Å²) in [6.45, 7) is 4.01. The summed E-state index contributed by atoms with van der Waals surface area (Å²) in [6.07, 6.45) is 1.79. The molecule has 0 unspecified atom stereocenters. The van der Waals surface area contributed by atoms with Gasteiger partial charge >= 0.3 is 5.97 Å². The number of ether oxygens (including phenoxy) is 3. The molecule has 1 aliphatic heterocycles. The first kappa shape index (κ1) is 27.1. The summed E-state index contributed by atoms with van der Waals surface area (Å²) in [5.74, 6) is 0.521. The fraction of sp³-hybridized carbons (Fsp3) is 0.194. The number of allylic oxidation sites excluding steroid dienone is 1. The molecule has 1 atom stereocenters. The number of methoxy groups -OCH3 is 1. The number of carbonyl (C=O) groups excluding carboxylic acids is 1. The summed E-state index contributed by atoms with van der Waals surface area (Å²) >= 11 is 1.26. The summed E-state index contributed by atoms with van der Waals surface area (Å²) in [5.41, 5.74) is 2.99. The van der Waals surface area contributed by atoms with Gasteiger partial charge in [-0.2, -0.15) is 0 Å². The maximum absolute atomic E-state index is 13.7. The van der Waals surface area contributed by atoms with Crippen molar-refractivity contribution in [2.24, 2.45) is 4.99 Å². The number of hydrogen-bond acceptors (Lipinski definition) is 7. The van der Waals surface area contributed by atoms with Crippen LogP contribution < -0.4 is 24.4 Å². The molecule has 5 rings (SSSR count). The van der Waals surface area contributed by atoms with Crippen LogP contribution in [0.1, 0.15) is 36.6 Å². The van der Waals surface area contributed by atoms with E-state index in [-0.39, 0.29) is 18.0 Å². The van der Waals surface area contributed by atoms with Gasteiger partial charge in [0.2, 0.25) is 0 Å². The number of halogens is 1. The van der Waals surface area contributed by atoms with Crippen LogP contribution in [-0.2, 0) is 16.1 Å². The van der Waals surface area contributed by atoms with Gasteiger partial charge in [-0.25, -0.2) is 14.2 Å². The molecule has 0 radical (unpaired) electrons. The lowest BCUT2D eigenvalue weighted by molar-refractivity contribution is -0.139. The van der Waals surface area contributed by atoms with Crippen molar-refractivity contribution in [3.05, 3.63) is 126 Å². The molecule has 0 spiro atoms. The van der Waals surface area contributed by atoms with Crippen LogP contribution in [0.3, 0.4) is 0 Å². The summed E-state index contributed by atoms with van der Waals surface area (Å²) in [5, 5.41) is 0. The standard InChI is InChI=1S/C31H27FN2O5S/c1-4-38-30(36)27-19(2)33-31-34(28(27)22-9-15-24(37-3)16-10-22)29(35)26(40-31)17-20-7-13-25(14-8-20)39-18-21-5-11-23(32)12-6-21/h5-17,28H,4,18H2,1-3H3/b26-17-/t28-/m0/s1. The molecule has 7 nitrogen and oxygen atoms in total. The lowest BCUT2D eigenvalue weighted by Gasteiger charge is -2.24. The normalized spacial score (nSPS) is 14.9. The number of aromatic nitrogens is 1. The zero-order chi connectivity index (χ0) is 28.2. The first-order valence-electron chi connectivity index (χ1n) is 12.7. The Balaban J connectivity index is 1.49. The zero-order valence-electron chi connectivity index (χ0n) is 22.2. The third-order valence-electron chi connectivity index (χ3n) is 6.45. The minimum atomic E-state index is -0.689. The van der Waals surface area contributed by atoms with Gasteiger partial charge in [-0.05, 0) is 73.0 Å². The molecule has 9 heteroatoms. The number of nitrogens with zero attached hydrogens (tertiary/aromatic N) is 2. The second-order valence-electron chi connectivity index (χ2n) is 9.06. The molecule has 0 aliphatic carbocycles. The van der Waals surface area contributed by atoms with E-state index in [9.17, 15) is 14.0 Å². The van der Waals surface area contributed by atoms with Gasteiger partial charge in [0.05, 0.1) is 35.6 Å². The fourth-order valence-corrected chi connectivity index (χ4v) is 5.50. The zero-order valence-corrected chi connectivity index (χ0v) is 23.0. The van der Waals surface area contributed by atoms with Crippen molar-refractivity contribution in [1.29, 1.82) is 0 Å². The van der Waals surface area contributed by atoms with Crippen molar-refractivity contribution < 1.29 is 23.4 Å². The first-order valence-corrected chi connectivity index (χ1v) is 13.5. The van der Waals surface area contributed by atoms with Crippen molar-refractivity contribution in [3.63, 3.8) is 0 Å². The number of benzene rings is 3. The average Bonchev–Trinajstić information content (AvgIpc) is 3.26. The highest BCUT2D eigenvalue weighted by Gasteiger charge is 2.33. The molecule has 0 saturated carbocycles. The van der Waals surface area contributed by atoms with E-state index < -0.39 is 12.0 Å². The topological polar surface area (TPSA) is 79.1 Å². The Morgan fingerprint density at radius 1 is 1.02 bits per heavy atom. The van der Waals surface area contributed by atoms with Gasteiger partial charge in [-0.1, -0.05) is 47.7 Å². The van der Waals surface area contributed by atoms with Crippen molar-refractivity contribution in [2.45, 2.75) is 26.5 Å². The van der Waals surface area contributed by atoms with E-state index in [0.717, 1.165) is 16.7 Å². The molecule has 1 aliphatic rings. The monoisotopic (exact) mass is 558 g/mol. The molecular formula is C31H27FN2O5S. The average molecular weight is 559 g/mol. The van der Waals surface area contributed by atoms with Crippen LogP contribution in [0.4, 0.5) is 4.39 Å². The van der Waals surface area contributed by atoms with Gasteiger partial charge in [0.1, 0.15) is 23.9 Å². The van der Waals surface area contributed by atoms with Gasteiger partial charge in [0.15, 0.2) is 4.80 Å². The summed E-state index contributed by atoms with van der Waals surface area (Å²) in [4.78, 5) is 31.9. The highest BCUT2D eigenvalue weighted by atomic mass is 32.1. The van der Waals surface area contributed by atoms with E-state index in [1.807, 2.05) is 36.4 Å². The van der Waals surface area contributed by atoms with Gasteiger partial charge < -0.3 is 14.2 Å². The van der Waals surface area contributed by atoms with Crippen LogP contribution in [0.15, 0.2) is 93.9 Å². The third-order valence-corrected chi connectivity index (χ3v) is 7.43. The number of rotatable bonds is 8. The number of fused-ring (bicyclic) bond motifs is 1. The third kappa shape index (κ3) is 5.60. The molecule has 0 N–H and O–H groups in total. The predicted octanol–water partition coefficient (Wildman–Crippen LogP) is 4.53. The highest BCUT2D eigenvalue weighted by molar-refractivity contribution is 7.07. The maximum Gasteiger partial charge on any atom is 0.338 e. The molecule has 1 aromatic heterocycles. The van der Waals surface area contributed by atoms with Gasteiger partial charge in [-0.3, -0.25) is 9.36 Å². The van der Waals surface area contributed by atoms with Crippen molar-refractivity contribution >= 4 is 23.4 Å². The molecule has 0 saturated heterocycles. The largest absolute Gasteiger partial charge is 0.497 e. The maximum atomic E-state index is 13.7. The van der Waals surface area contributed by atoms with E-state index >= 15 is 0 Å². The Morgan fingerprint density at radius 3 is 2.35 bits per heavy atom. The molecule has 0 fully saturated rings. The number of thiazole rings is 1. The molecule has 0 amide bonds. The van der Waals surface area contributed by atoms with E-state index in [1.165, 1.54) is 23.5 Å². The molecule has 3 aromatic carbocycles. The van der Waals surface area contributed by atoms with Crippen LogP contribution in [0, 0.1) is 5.82 Å². The number of carbonyl (C=O) groups is 1. The fourth-order valence-electron chi connectivity index (χ4n) is 4.45. The van der Waals surface area contributed by atoms with Crippen molar-refractivity contribution in [2.75, 3.05) is 13.7 Å². The predicted molar refractivity (Wildman–Crippen MR) is 151 cm³/mol. The molecular weight excluding hydrogens is 531 g/mol. The number of esters is 1. The second kappa shape index (κ2) is 11.7. The lowest BCUT2D eigenvalue weighted by atomic mass is 9.96. The molecule has 0 bridgehead atoms. The molecule has 40 heavy (non-hydrogen) atoms. The van der Waals surface area contributed by atoms with Crippen LogP contribution in [0.25, 0.3) is 6.08 Å². The molecule has 4 aromatic rings. The Bertz CT molecular complexity index is 1740. The Morgan fingerprint density at radius 2 is 1.70 bits per heavy atom. The van der Waals surface area contributed by atoms with Crippen LogP contribution in [-0.4, -0.2) is 24.3 Å². The van der Waals surface area contributed by atoms with Crippen LogP contribution in [0.2, 0.25) is 0 Å². The smallest absolute Gasteiger partial charge is 0.338 e. The van der Waals surface area contributed by atoms with E-state index in [2.05, 4.69) is 4.99 Å². The SMILES string of the molecule is CCOC(=O)C1=C(C)N=c2s/c(=C\c3ccc(OCc4ccc(F)cc4)cc3)c(=O)n2[C@H]1c1ccc(OC)cc1. The van der Waals surface area contributed by atoms with E-state index in [0.29, 0.717) is 38.7 Å². The Labute approximate surface area is 234 Å². The highest BCUT2D eigenvalue weighted by Crippen LogP contribution is 2.31. The second-order valence-corrected chi connectivity index (χ2v) is 10.1. The van der Waals surface area contributed by atoms with Crippen LogP contribution >= 0.6 is 11.3 Å². The van der Waals surface area contributed by atoms with Gasteiger partial charge in [-0.15, -0.1) is 0 Å².